The first-order chi connectivity index (χ1) is 17.1. The molecule has 1 aromatic carbocycles. The van der Waals surface area contributed by atoms with Crippen molar-refractivity contribution in [2.75, 3.05) is 11.9 Å². The summed E-state index contributed by atoms with van der Waals surface area (Å²) >= 11 is 6.06. The Morgan fingerprint density at radius 1 is 1.25 bits per heavy atom. The fraction of sp³-hybridized carbons (Fsp3) is 0.423. The van der Waals surface area contributed by atoms with Gasteiger partial charge in [-0.1, -0.05) is 23.7 Å². The first kappa shape index (κ1) is 24.6. The quantitative estimate of drug-likeness (QED) is 0.380. The molecule has 36 heavy (non-hydrogen) atoms. The summed E-state index contributed by atoms with van der Waals surface area (Å²) in [6, 6.07) is 9.46. The monoisotopic (exact) mass is 515 g/mol. The van der Waals surface area contributed by atoms with E-state index < -0.39 is 28.6 Å². The summed E-state index contributed by atoms with van der Waals surface area (Å²) < 4.78 is 29.7. The van der Waals surface area contributed by atoms with E-state index in [2.05, 4.69) is 25.4 Å². The van der Waals surface area contributed by atoms with Gasteiger partial charge in [0.05, 0.1) is 16.1 Å². The molecule has 3 heterocycles. The van der Waals surface area contributed by atoms with Gasteiger partial charge in [0.1, 0.15) is 17.5 Å². The van der Waals surface area contributed by atoms with Gasteiger partial charge in [-0.2, -0.15) is 5.10 Å². The molecule has 3 N–H and O–H groups in total. The van der Waals surface area contributed by atoms with E-state index in [1.807, 2.05) is 13.8 Å². The van der Waals surface area contributed by atoms with Crippen molar-refractivity contribution >= 4 is 29.2 Å². The van der Waals surface area contributed by atoms with Gasteiger partial charge in [-0.05, 0) is 57.7 Å². The molecule has 0 radical (unpaired) electrons. The summed E-state index contributed by atoms with van der Waals surface area (Å²) in [4.78, 5) is 19.2. The number of aliphatic carboxylic acids is 1. The number of pyridine rings is 1. The number of anilines is 2. The minimum absolute atomic E-state index is 0.0417. The Kier molecular flexibility index (Phi) is 6.24. The molecule has 5 rings (SSSR count). The van der Waals surface area contributed by atoms with Crippen LogP contribution in [0.5, 0.6) is 0 Å². The van der Waals surface area contributed by atoms with Gasteiger partial charge in [-0.15, -0.1) is 0 Å². The van der Waals surface area contributed by atoms with Gasteiger partial charge in [-0.3, -0.25) is 14.8 Å². The lowest BCUT2D eigenvalue weighted by Gasteiger charge is -2.47. The normalized spacial score (nSPS) is 23.4. The van der Waals surface area contributed by atoms with Crippen LogP contribution in [-0.4, -0.2) is 43.7 Å². The molecule has 1 aliphatic carbocycles. The average molecular weight is 516 g/mol. The predicted molar refractivity (Wildman–Crippen MR) is 132 cm³/mol. The summed E-state index contributed by atoms with van der Waals surface area (Å²) in [6.45, 7) is 4.27. The predicted octanol–water partition coefficient (Wildman–Crippen LogP) is 5.58. The van der Waals surface area contributed by atoms with E-state index in [4.69, 9.17) is 11.6 Å². The van der Waals surface area contributed by atoms with Crippen LogP contribution in [0.4, 0.5) is 20.4 Å². The van der Waals surface area contributed by atoms with E-state index in [0.29, 0.717) is 36.6 Å². The molecule has 1 aliphatic heterocycles. The number of likely N-dealkylation sites (tertiary alicyclic amines) is 1. The number of aromatic nitrogens is 3. The molecule has 3 aromatic rings. The van der Waals surface area contributed by atoms with Crippen molar-refractivity contribution in [3.05, 3.63) is 70.0 Å². The first-order valence-electron chi connectivity index (χ1n) is 12.0. The average Bonchev–Trinajstić information content (AvgIpc) is 3.52. The minimum atomic E-state index is -1.19. The van der Waals surface area contributed by atoms with E-state index >= 15 is 0 Å². The number of carboxylic acids is 1. The molecule has 0 unspecified atom stereocenters. The molecular formula is C26H28ClF2N5O2. The van der Waals surface area contributed by atoms with Gasteiger partial charge in [0.25, 0.3) is 0 Å². The number of benzene rings is 1. The lowest BCUT2D eigenvalue weighted by molar-refractivity contribution is -0.154. The third kappa shape index (κ3) is 4.35. The van der Waals surface area contributed by atoms with E-state index in [-0.39, 0.29) is 23.2 Å². The zero-order chi connectivity index (χ0) is 25.7. The van der Waals surface area contributed by atoms with Gasteiger partial charge < -0.3 is 10.4 Å². The van der Waals surface area contributed by atoms with Crippen molar-refractivity contribution in [3.63, 3.8) is 0 Å². The Morgan fingerprint density at radius 3 is 2.67 bits per heavy atom. The molecule has 1 saturated heterocycles. The zero-order valence-electron chi connectivity index (χ0n) is 20.1. The third-order valence-electron chi connectivity index (χ3n) is 7.62. The summed E-state index contributed by atoms with van der Waals surface area (Å²) in [5.41, 5.74) is -0.152. The Balaban J connectivity index is 1.38. The second-order valence-electron chi connectivity index (χ2n) is 10.1. The molecule has 2 fully saturated rings. The number of hydrogen-bond donors (Lipinski definition) is 3. The van der Waals surface area contributed by atoms with Crippen molar-refractivity contribution in [2.24, 2.45) is 5.41 Å². The zero-order valence-corrected chi connectivity index (χ0v) is 20.9. The number of carboxylic acid groups (broad SMARTS) is 1. The molecule has 7 nitrogen and oxygen atoms in total. The molecule has 10 heteroatoms. The Morgan fingerprint density at radius 2 is 2.03 bits per heavy atom. The minimum Gasteiger partial charge on any atom is -0.481 e. The van der Waals surface area contributed by atoms with Crippen LogP contribution in [0, 0.1) is 24.0 Å². The molecule has 190 valence electrons. The second kappa shape index (κ2) is 9.12. The number of piperidine rings is 1. The molecule has 2 aromatic heterocycles. The Hall–Kier alpha value is -3.04. The summed E-state index contributed by atoms with van der Waals surface area (Å²) in [5, 5.41) is 20.3. The van der Waals surface area contributed by atoms with Crippen molar-refractivity contribution in [1.29, 1.82) is 0 Å². The van der Waals surface area contributed by atoms with Crippen LogP contribution in [0.1, 0.15) is 49.6 Å². The molecule has 0 amide bonds. The fourth-order valence-corrected chi connectivity index (χ4v) is 5.88. The molecule has 1 saturated carbocycles. The fourth-order valence-electron chi connectivity index (χ4n) is 5.70. The third-order valence-corrected chi connectivity index (χ3v) is 7.91. The number of H-pyrrole nitrogens is 1. The van der Waals surface area contributed by atoms with Crippen LogP contribution in [0.25, 0.3) is 0 Å². The number of nitrogens with zero attached hydrogens (tertiary/aromatic N) is 3. The van der Waals surface area contributed by atoms with Crippen LogP contribution in [-0.2, 0) is 16.8 Å². The van der Waals surface area contributed by atoms with E-state index in [9.17, 15) is 18.7 Å². The topological polar surface area (TPSA) is 94.1 Å². The van der Waals surface area contributed by atoms with Crippen molar-refractivity contribution < 1.29 is 18.7 Å². The number of carbonyl (C=O) groups is 1. The highest BCUT2D eigenvalue weighted by atomic mass is 35.5. The highest BCUT2D eigenvalue weighted by Gasteiger charge is 2.56. The lowest BCUT2D eigenvalue weighted by Crippen LogP contribution is -2.53. The smallest absolute Gasteiger partial charge is 0.310 e. The van der Waals surface area contributed by atoms with Crippen molar-refractivity contribution in [1.82, 2.24) is 20.1 Å². The van der Waals surface area contributed by atoms with Gasteiger partial charge in [0, 0.05) is 41.9 Å². The van der Waals surface area contributed by atoms with Gasteiger partial charge in [-0.25, -0.2) is 13.8 Å². The van der Waals surface area contributed by atoms with Gasteiger partial charge in [0.15, 0.2) is 5.82 Å². The summed E-state index contributed by atoms with van der Waals surface area (Å²) in [7, 11) is 0. The van der Waals surface area contributed by atoms with Crippen LogP contribution in [0.3, 0.4) is 0 Å². The van der Waals surface area contributed by atoms with Crippen LogP contribution < -0.4 is 5.32 Å². The van der Waals surface area contributed by atoms with Crippen molar-refractivity contribution in [3.8, 4) is 0 Å². The number of rotatable bonds is 7. The van der Waals surface area contributed by atoms with Crippen LogP contribution >= 0.6 is 11.6 Å². The second-order valence-corrected chi connectivity index (χ2v) is 10.5. The molecule has 0 bridgehead atoms. The van der Waals surface area contributed by atoms with E-state index in [1.54, 1.807) is 18.2 Å². The van der Waals surface area contributed by atoms with Crippen LogP contribution in [0.15, 0.2) is 36.4 Å². The van der Waals surface area contributed by atoms with E-state index in [1.165, 1.54) is 18.2 Å². The standard InChI is InChI=1S/C26H28ClF2N5O2/c1-15-12-22(33-32-15)31-21-7-6-19(28)20(30-21)14-25(24(35)36)10-11-34(16(2)13-25)26(8-9-26)17-4-3-5-18(27)23(17)29/h3-7,12,16H,8-11,13-14H2,1-2H3,(H,35,36)(H2,30,31,32,33)/t16-,25-/m1/s1. The highest BCUT2D eigenvalue weighted by molar-refractivity contribution is 6.30. The molecule has 2 aliphatic rings. The lowest BCUT2D eigenvalue weighted by atomic mass is 9.71. The maximum absolute atomic E-state index is 14.9. The van der Waals surface area contributed by atoms with Crippen LogP contribution in [0.2, 0.25) is 5.02 Å². The Labute approximate surface area is 212 Å². The molecular weight excluding hydrogens is 488 g/mol. The Bertz CT molecular complexity index is 1310. The maximum atomic E-state index is 14.9. The van der Waals surface area contributed by atoms with Crippen molar-refractivity contribution in [2.45, 2.75) is 57.5 Å². The number of aromatic amines is 1. The van der Waals surface area contributed by atoms with E-state index in [0.717, 1.165) is 18.5 Å². The maximum Gasteiger partial charge on any atom is 0.310 e. The summed E-state index contributed by atoms with van der Waals surface area (Å²) in [5.74, 6) is -1.02. The first-order valence-corrected chi connectivity index (χ1v) is 12.4. The highest BCUT2D eigenvalue weighted by Crippen LogP contribution is 2.56. The molecule has 0 spiro atoms. The van der Waals surface area contributed by atoms with Gasteiger partial charge >= 0.3 is 5.97 Å². The SMILES string of the molecule is Cc1cc(Nc2ccc(F)c(C[C@@]3(C(=O)O)CCN(C4(c5cccc(Cl)c5F)CC4)[C@H](C)C3)n2)n[nH]1. The number of aryl methyl sites for hydroxylation is 1. The molecule has 2 atom stereocenters. The number of hydrogen-bond acceptors (Lipinski definition) is 5. The van der Waals surface area contributed by atoms with Gasteiger partial charge in [0.2, 0.25) is 0 Å². The largest absolute Gasteiger partial charge is 0.481 e. The summed E-state index contributed by atoms with van der Waals surface area (Å²) in [6.07, 6.45) is 2.12. The number of nitrogens with one attached hydrogen (secondary N) is 2. The number of halogens is 3.